The lowest BCUT2D eigenvalue weighted by atomic mass is 9.99. The second kappa shape index (κ2) is 8.90. The predicted octanol–water partition coefficient (Wildman–Crippen LogP) is 5.66. The second-order valence-electron chi connectivity index (χ2n) is 7.58. The maximum Gasteiger partial charge on any atom is 0.268 e. The Hall–Kier alpha value is -3.18. The molecule has 156 valence electrons. The molecule has 4 rings (SSSR count). The number of nitrogens with zero attached hydrogens (tertiary/aromatic N) is 1. The molecular formula is C26H22FNO2S. The molecule has 0 aliphatic carbocycles. The fourth-order valence-corrected chi connectivity index (χ4v) is 4.77. The summed E-state index contributed by atoms with van der Waals surface area (Å²) in [5.41, 5.74) is 4.55. The van der Waals surface area contributed by atoms with Crippen molar-refractivity contribution in [3.8, 4) is 0 Å². The van der Waals surface area contributed by atoms with Crippen molar-refractivity contribution in [1.82, 2.24) is 4.90 Å². The van der Waals surface area contributed by atoms with Crippen LogP contribution in [0.4, 0.5) is 4.39 Å². The number of carbonyl (C=O) groups is 2. The predicted molar refractivity (Wildman–Crippen MR) is 123 cm³/mol. The van der Waals surface area contributed by atoms with Crippen LogP contribution in [0.5, 0.6) is 0 Å². The molecule has 3 aromatic rings. The van der Waals surface area contributed by atoms with Gasteiger partial charge in [0.05, 0.1) is 17.0 Å². The third kappa shape index (κ3) is 4.32. The number of aryl methyl sites for hydroxylation is 2. The number of amides is 2. The topological polar surface area (TPSA) is 37.4 Å². The summed E-state index contributed by atoms with van der Waals surface area (Å²) in [4.78, 5) is 28.3. The molecule has 0 saturated carbocycles. The van der Waals surface area contributed by atoms with Crippen LogP contribution in [0.15, 0.2) is 77.7 Å². The first-order chi connectivity index (χ1) is 15.0. The van der Waals surface area contributed by atoms with Crippen LogP contribution >= 0.6 is 11.8 Å². The van der Waals surface area contributed by atoms with Gasteiger partial charge in [0, 0.05) is 11.3 Å². The lowest BCUT2D eigenvalue weighted by molar-refractivity contribution is -0.137. The van der Waals surface area contributed by atoms with Crippen LogP contribution < -0.4 is 0 Å². The van der Waals surface area contributed by atoms with Gasteiger partial charge in [0.1, 0.15) is 5.82 Å². The first-order valence-corrected chi connectivity index (χ1v) is 11.0. The van der Waals surface area contributed by atoms with Crippen molar-refractivity contribution < 1.29 is 14.0 Å². The molecule has 2 amide bonds. The van der Waals surface area contributed by atoms with Crippen LogP contribution in [-0.2, 0) is 21.9 Å². The molecule has 31 heavy (non-hydrogen) atoms. The minimum absolute atomic E-state index is 0.0891. The minimum atomic E-state index is -0.429. The number of hydrogen-bond acceptors (Lipinski definition) is 3. The van der Waals surface area contributed by atoms with Crippen LogP contribution in [0.2, 0.25) is 0 Å². The molecule has 0 radical (unpaired) electrons. The summed E-state index contributed by atoms with van der Waals surface area (Å²) in [5, 5.41) is 0. The van der Waals surface area contributed by atoms with Gasteiger partial charge >= 0.3 is 0 Å². The van der Waals surface area contributed by atoms with Gasteiger partial charge in [-0.3, -0.25) is 14.5 Å². The first kappa shape index (κ1) is 21.1. The summed E-state index contributed by atoms with van der Waals surface area (Å²) >= 11 is 1.36. The highest BCUT2D eigenvalue weighted by molar-refractivity contribution is 8.03. The highest BCUT2D eigenvalue weighted by Gasteiger charge is 2.39. The molecule has 0 saturated heterocycles. The summed E-state index contributed by atoms with van der Waals surface area (Å²) in [6, 6.07) is 21.9. The molecule has 0 fully saturated rings. The van der Waals surface area contributed by atoms with Crippen LogP contribution in [0.3, 0.4) is 0 Å². The van der Waals surface area contributed by atoms with Gasteiger partial charge in [-0.25, -0.2) is 4.39 Å². The number of imide groups is 1. The first-order valence-electron chi connectivity index (χ1n) is 10.0. The lowest BCUT2D eigenvalue weighted by Crippen LogP contribution is -2.31. The maximum absolute atomic E-state index is 14.2. The summed E-state index contributed by atoms with van der Waals surface area (Å²) in [6.07, 6.45) is 0. The van der Waals surface area contributed by atoms with Crippen LogP contribution in [0, 0.1) is 19.7 Å². The normalized spacial score (nSPS) is 14.0. The third-order valence-corrected chi connectivity index (χ3v) is 6.43. The molecule has 1 aliphatic rings. The maximum atomic E-state index is 14.2. The van der Waals surface area contributed by atoms with Crippen molar-refractivity contribution in [2.45, 2.75) is 26.1 Å². The quantitative estimate of drug-likeness (QED) is 0.473. The van der Waals surface area contributed by atoms with E-state index < -0.39 is 5.82 Å². The number of thioether (sulfide) groups is 1. The van der Waals surface area contributed by atoms with Gasteiger partial charge in [0.15, 0.2) is 0 Å². The van der Waals surface area contributed by atoms with Crippen LogP contribution in [0.1, 0.15) is 27.8 Å². The number of rotatable bonds is 6. The fourth-order valence-electron chi connectivity index (χ4n) is 3.69. The molecule has 3 nitrogen and oxygen atoms in total. The van der Waals surface area contributed by atoms with Crippen molar-refractivity contribution in [2.24, 2.45) is 0 Å². The van der Waals surface area contributed by atoms with Gasteiger partial charge in [0.2, 0.25) is 0 Å². The van der Waals surface area contributed by atoms with Crippen molar-refractivity contribution in [3.63, 3.8) is 0 Å². The largest absolute Gasteiger partial charge is 0.269 e. The summed E-state index contributed by atoms with van der Waals surface area (Å²) in [6.45, 7) is 3.84. The van der Waals surface area contributed by atoms with E-state index in [9.17, 15) is 14.0 Å². The van der Waals surface area contributed by atoms with Gasteiger partial charge in [-0.2, -0.15) is 0 Å². The molecular weight excluding hydrogens is 409 g/mol. The molecule has 0 N–H and O–H groups in total. The zero-order chi connectivity index (χ0) is 22.0. The second-order valence-corrected chi connectivity index (χ2v) is 8.57. The number of carbonyl (C=O) groups excluding carboxylic acids is 2. The van der Waals surface area contributed by atoms with Gasteiger partial charge in [0.25, 0.3) is 11.8 Å². The zero-order valence-corrected chi connectivity index (χ0v) is 18.2. The van der Waals surface area contributed by atoms with Gasteiger partial charge in [-0.15, -0.1) is 11.8 Å². The van der Waals surface area contributed by atoms with E-state index in [-0.39, 0.29) is 18.4 Å². The van der Waals surface area contributed by atoms with Crippen LogP contribution in [0.25, 0.3) is 5.57 Å². The fraction of sp³-hybridized carbons (Fsp3) is 0.154. The molecule has 1 heterocycles. The van der Waals surface area contributed by atoms with E-state index in [2.05, 4.69) is 0 Å². The van der Waals surface area contributed by atoms with Crippen molar-refractivity contribution in [3.05, 3.63) is 111 Å². The van der Waals surface area contributed by atoms with Crippen LogP contribution in [-0.4, -0.2) is 16.7 Å². The standard InChI is InChI=1S/C26H22FNO2S/c1-17-12-13-21(18(2)14-17)23-24(31-16-19-8-4-3-5-9-19)26(30)28(25(23)29)15-20-10-6-7-11-22(20)27/h3-14H,15-16H2,1-2H3. The lowest BCUT2D eigenvalue weighted by Gasteiger charge is -2.16. The van der Waals surface area contributed by atoms with E-state index in [1.54, 1.807) is 18.2 Å². The Balaban J connectivity index is 1.72. The number of halogens is 1. The molecule has 5 heteroatoms. The van der Waals surface area contributed by atoms with E-state index in [1.807, 2.05) is 62.4 Å². The van der Waals surface area contributed by atoms with E-state index in [0.717, 1.165) is 27.2 Å². The van der Waals surface area contributed by atoms with Gasteiger partial charge < -0.3 is 0 Å². The average Bonchev–Trinajstić information content (AvgIpc) is 2.99. The molecule has 0 unspecified atom stereocenters. The summed E-state index contributed by atoms with van der Waals surface area (Å²) in [5.74, 6) is -0.613. The van der Waals surface area contributed by atoms with Gasteiger partial charge in [-0.1, -0.05) is 72.3 Å². The van der Waals surface area contributed by atoms with E-state index in [4.69, 9.17) is 0 Å². The van der Waals surface area contributed by atoms with Crippen molar-refractivity contribution in [2.75, 3.05) is 0 Å². The van der Waals surface area contributed by atoms with Crippen molar-refractivity contribution in [1.29, 1.82) is 0 Å². The summed E-state index contributed by atoms with van der Waals surface area (Å²) < 4.78 is 14.2. The number of hydrogen-bond donors (Lipinski definition) is 0. The average molecular weight is 432 g/mol. The van der Waals surface area contributed by atoms with Crippen molar-refractivity contribution >= 4 is 29.1 Å². The molecule has 1 aliphatic heterocycles. The Bertz CT molecular complexity index is 1190. The Morgan fingerprint density at radius 2 is 1.58 bits per heavy atom. The number of benzene rings is 3. The monoisotopic (exact) mass is 431 g/mol. The summed E-state index contributed by atoms with van der Waals surface area (Å²) in [7, 11) is 0. The molecule has 0 aromatic heterocycles. The Morgan fingerprint density at radius 1 is 0.871 bits per heavy atom. The van der Waals surface area contributed by atoms with E-state index >= 15 is 0 Å². The molecule has 0 bridgehead atoms. The minimum Gasteiger partial charge on any atom is -0.269 e. The SMILES string of the molecule is Cc1ccc(C2=C(SCc3ccccc3)C(=O)N(Cc3ccccc3F)C2=O)c(C)c1. The molecule has 0 spiro atoms. The smallest absolute Gasteiger partial charge is 0.268 e. The molecule has 0 atom stereocenters. The van der Waals surface area contributed by atoms with E-state index in [0.29, 0.717) is 21.8 Å². The third-order valence-electron chi connectivity index (χ3n) is 5.29. The highest BCUT2D eigenvalue weighted by Crippen LogP contribution is 2.39. The van der Waals surface area contributed by atoms with E-state index in [1.165, 1.54) is 17.8 Å². The zero-order valence-electron chi connectivity index (χ0n) is 17.4. The van der Waals surface area contributed by atoms with Gasteiger partial charge in [-0.05, 0) is 36.6 Å². The highest BCUT2D eigenvalue weighted by atomic mass is 32.2. The molecule has 3 aromatic carbocycles. The Labute approximate surface area is 185 Å². The Kier molecular flexibility index (Phi) is 6.05. The Morgan fingerprint density at radius 3 is 2.29 bits per heavy atom.